The smallest absolute Gasteiger partial charge is 0.303 e. The number of phenols is 1. The fourth-order valence-electron chi connectivity index (χ4n) is 15.5. The molecule has 0 fully saturated rings. The Morgan fingerprint density at radius 1 is 0.379 bits per heavy atom. The number of nitrogens with zero attached hydrogens (tertiary/aromatic N) is 9. The molecule has 3 aromatic heterocycles. The Hall–Kier alpha value is -14.2. The molecule has 0 bridgehead atoms. The second kappa shape index (κ2) is 53.4. The molecule has 145 heavy (non-hydrogen) atoms. The number of benzene rings is 5. The van der Waals surface area contributed by atoms with Gasteiger partial charge in [-0.25, -0.2) is 37.8 Å². The molecule has 12 rings (SSSR count). The van der Waals surface area contributed by atoms with Crippen LogP contribution in [0.4, 0.5) is 47.3 Å². The van der Waals surface area contributed by atoms with Crippen LogP contribution < -0.4 is 63.8 Å². The summed E-state index contributed by atoms with van der Waals surface area (Å²) in [7, 11) is 0. The van der Waals surface area contributed by atoms with E-state index in [9.17, 15) is 71.6 Å². The average molecular weight is 2030 g/mol. The van der Waals surface area contributed by atoms with Crippen molar-refractivity contribution in [2.24, 2.45) is 20.0 Å². The number of halogens is 5. The van der Waals surface area contributed by atoms with E-state index in [0.29, 0.717) is 91.2 Å². The van der Waals surface area contributed by atoms with Gasteiger partial charge in [-0.2, -0.15) is 0 Å². The molecule has 0 aliphatic carbocycles. The minimum atomic E-state index is -1.05. The molecule has 4 unspecified atom stereocenters. The molecule has 15 N–H and O–H groups in total. The maximum Gasteiger partial charge on any atom is 0.303 e. The van der Waals surface area contributed by atoms with Crippen LogP contribution in [0.2, 0.25) is 10.0 Å². The van der Waals surface area contributed by atoms with E-state index < -0.39 is 60.1 Å². The zero-order valence-electron chi connectivity index (χ0n) is 84.5. The molecule has 7 heterocycles. The first-order valence-corrected chi connectivity index (χ1v) is 48.9. The number of carbonyl (C=O) groups excluding carboxylic acids is 8. The Morgan fingerprint density at radius 3 is 0.966 bits per heavy atom. The van der Waals surface area contributed by atoms with Crippen LogP contribution in [-0.2, 0) is 45.6 Å². The SMILES string of the molecule is CC(C)(C)c1cc(Cl)cc([C@H](CC(=O)O)CC(=O)CNC(=O)c2cncc(NC3=NCC(O)CN3)c2)c1.CC[C@H](CC(=O)CNC(=O)c1cc(O)cc(NC2=NCC(F)CN2)c1)c1cc(Cl)cc(C(C)(C)C)c1.[C-]#[N+]c1cc([C@H](CC)CC(=O)CNC(=O)c2cncc(NC3=NCC(F)CN3)c2)cc(C(C)(C)C)c1.[C-]#[N+]c1cc([C@H](CC)CC(=O)CNC(=O)c2cncc(NC3=NCC(F)CN3)c2)cc(C(C)(C)C)c1. The van der Waals surface area contributed by atoms with Crippen LogP contribution in [0.5, 0.6) is 5.75 Å². The summed E-state index contributed by atoms with van der Waals surface area (Å²) in [6.45, 7) is 46.6. The highest BCUT2D eigenvalue weighted by atomic mass is 35.5. The zero-order chi connectivity index (χ0) is 106. The Bertz CT molecular complexity index is 5990. The third-order valence-corrected chi connectivity index (χ3v) is 24.4. The number of aliphatic imine (C=N–C) groups is 4. The molecular weight excluding hydrogens is 1900 g/mol. The quantitative estimate of drug-likeness (QED) is 0.0170. The third kappa shape index (κ3) is 37.5. The number of alkyl halides is 3. The van der Waals surface area contributed by atoms with Crippen molar-refractivity contribution in [1.29, 1.82) is 0 Å². The summed E-state index contributed by atoms with van der Waals surface area (Å²) >= 11 is 12.7. The number of aromatic hydroxyl groups is 1. The number of aliphatic hydroxyl groups is 1. The number of aliphatic carboxylic acids is 1. The Balaban J connectivity index is 0.000000215. The van der Waals surface area contributed by atoms with E-state index in [1.165, 1.54) is 55.4 Å². The lowest BCUT2D eigenvalue weighted by Gasteiger charge is -2.23. The fourth-order valence-corrected chi connectivity index (χ4v) is 16.0. The van der Waals surface area contributed by atoms with Gasteiger partial charge in [-0.1, -0.05) is 198 Å². The summed E-state index contributed by atoms with van der Waals surface area (Å²) < 4.78 is 39.7. The largest absolute Gasteiger partial charge is 0.508 e. The van der Waals surface area contributed by atoms with E-state index in [1.807, 2.05) is 90.1 Å². The maximum atomic E-state index is 13.2. The van der Waals surface area contributed by atoms with Crippen molar-refractivity contribution in [3.8, 4) is 5.75 Å². The summed E-state index contributed by atoms with van der Waals surface area (Å²) in [6.07, 6.45) is 7.88. The van der Waals surface area contributed by atoms with Gasteiger partial charge in [0.1, 0.15) is 24.3 Å². The van der Waals surface area contributed by atoms with Crippen molar-refractivity contribution in [3.05, 3.63) is 246 Å². The number of β-amino-alcohol motifs (C(OH)–C–C–N with tert-alkyl or cyclic N) is 1. The van der Waals surface area contributed by atoms with E-state index in [4.69, 9.17) is 36.3 Å². The monoisotopic (exact) mass is 2030 g/mol. The van der Waals surface area contributed by atoms with Gasteiger partial charge in [0.05, 0.1) is 150 Å². The van der Waals surface area contributed by atoms with Gasteiger partial charge in [-0.3, -0.25) is 63.1 Å². The number of Topliss-reactive ketones (excluding diaryl/α,β-unsaturated/α-hetero) is 4. The Labute approximate surface area is 854 Å². The molecule has 4 amide bonds. The number of rotatable bonds is 33. The van der Waals surface area contributed by atoms with Gasteiger partial charge in [0.25, 0.3) is 23.6 Å². The van der Waals surface area contributed by atoms with Crippen molar-refractivity contribution in [3.63, 3.8) is 0 Å². The van der Waals surface area contributed by atoms with Gasteiger partial charge < -0.3 is 79.1 Å². The first-order valence-electron chi connectivity index (χ1n) is 48.1. The predicted octanol–water partition coefficient (Wildman–Crippen LogP) is 16.7. The van der Waals surface area contributed by atoms with E-state index in [2.05, 4.69) is 189 Å². The predicted molar refractivity (Wildman–Crippen MR) is 562 cm³/mol. The molecule has 8 aromatic rings. The number of aromatic nitrogens is 3. The van der Waals surface area contributed by atoms with Crippen LogP contribution >= 0.6 is 23.2 Å². The number of anilines is 4. The molecular formula is C107H132Cl2F3N21O12. The van der Waals surface area contributed by atoms with Crippen molar-refractivity contribution in [2.75, 3.05) is 99.8 Å². The molecule has 4 aliphatic rings. The highest BCUT2D eigenvalue weighted by Crippen LogP contribution is 2.39. The number of aliphatic hydroxyl groups excluding tert-OH is 1. The van der Waals surface area contributed by atoms with Crippen LogP contribution in [0.15, 0.2) is 166 Å². The van der Waals surface area contributed by atoms with E-state index >= 15 is 0 Å². The summed E-state index contributed by atoms with van der Waals surface area (Å²) in [4.78, 5) is 149. The number of phenolic OH excluding ortho intramolecular Hbond substituents is 1. The number of guanidine groups is 4. The summed E-state index contributed by atoms with van der Waals surface area (Å²) in [5.74, 6) is -2.60. The number of amides is 4. The minimum Gasteiger partial charge on any atom is -0.508 e. The molecule has 5 aromatic carbocycles. The lowest BCUT2D eigenvalue weighted by molar-refractivity contribution is -0.137. The normalized spacial score (nSPS) is 16.3. The lowest BCUT2D eigenvalue weighted by Crippen LogP contribution is -2.42. The average Bonchev–Trinajstić information content (AvgIpc) is 0.836. The van der Waals surface area contributed by atoms with E-state index in [1.54, 1.807) is 24.3 Å². The van der Waals surface area contributed by atoms with E-state index in [0.717, 1.165) is 58.2 Å². The van der Waals surface area contributed by atoms with Crippen molar-refractivity contribution >= 4 is 134 Å². The first kappa shape index (κ1) is 114. The fraction of sp³-hybridized carbons (Fsp3) is 0.439. The third-order valence-electron chi connectivity index (χ3n) is 23.9. The summed E-state index contributed by atoms with van der Waals surface area (Å²) in [5.41, 5.74) is 11.4. The molecule has 0 saturated carbocycles. The number of carboxylic acids is 1. The van der Waals surface area contributed by atoms with Gasteiger partial charge in [0.2, 0.25) is 0 Å². The Kier molecular flexibility index (Phi) is 42.1. The van der Waals surface area contributed by atoms with Crippen molar-refractivity contribution in [1.82, 2.24) is 57.5 Å². The highest BCUT2D eigenvalue weighted by molar-refractivity contribution is 6.31. The molecule has 4 aliphatic heterocycles. The van der Waals surface area contributed by atoms with Gasteiger partial charge >= 0.3 is 5.97 Å². The van der Waals surface area contributed by atoms with Crippen LogP contribution in [0.1, 0.15) is 265 Å². The number of hydrogen-bond donors (Lipinski definition) is 15. The van der Waals surface area contributed by atoms with Gasteiger partial charge in [-0.15, -0.1) is 0 Å². The standard InChI is InChI=1S/C27H34ClFN4O3.2C27H33FN6O2.C26H32ClN5O5/c1-5-16(17-6-19(27(2,3)4)11-20(28)7-17)9-24(35)15-30-25(36)18-8-22(12-23(34)10-18)33-26-31-13-21(29)14-32-26;2*1-6-17(18-7-20(27(2,3)4)11-22(8-18)29-5)10-24(35)16-31-25(36)19-9-23(15-30-12-19)34-26-32-13-21(28)14-33-26;1-26(2,3)18-4-15(5-19(27)9-18)16(8-23(35)36)7-21(33)12-29-24(37)17-6-20(11-28-10-17)32-25-30-13-22(34)14-31-25/h6-8,10-12,16,21,34H,5,9,13-15H2,1-4H3,(H,30,36)(H2,31,32,33);2*7-9,11-12,15,17,21H,6,10,13-14,16H2,1-4H3,(H,31,36)(H2,32,33,34);4-6,9-11,16,22,34H,7-8,12-14H2,1-3H3,(H,29,37)(H,35,36)(H2,30,31,32)/t16-;2*17-;16-/m1110/s1. The number of carboxylic acid groups (broad SMARTS) is 1. The van der Waals surface area contributed by atoms with Crippen molar-refractivity contribution < 1.29 is 71.6 Å². The van der Waals surface area contributed by atoms with Gasteiger partial charge in [0.15, 0.2) is 58.3 Å². The lowest BCUT2D eigenvalue weighted by atomic mass is 9.82. The molecule has 0 radical (unpaired) electrons. The number of nitrogens with one attached hydrogen (secondary N) is 12. The van der Waals surface area contributed by atoms with Crippen molar-refractivity contribution in [2.45, 2.75) is 225 Å². The van der Waals surface area contributed by atoms with Crippen LogP contribution in [-0.4, -0.2) is 210 Å². The minimum absolute atomic E-state index is 0.0153. The number of hydrogen-bond acceptors (Lipinski definition) is 26. The summed E-state index contributed by atoms with van der Waals surface area (Å²) in [6, 6.07) is 32.1. The molecule has 772 valence electrons. The molecule has 38 heteroatoms. The first-order chi connectivity index (χ1) is 68.5. The van der Waals surface area contributed by atoms with E-state index in [-0.39, 0.29) is 184 Å². The number of carbonyl (C=O) groups is 9. The topological polar surface area (TPSA) is 456 Å². The maximum absolute atomic E-state index is 13.2. The van der Waals surface area contributed by atoms with Crippen LogP contribution in [0.25, 0.3) is 9.69 Å². The second-order valence-corrected chi connectivity index (χ2v) is 41.0. The van der Waals surface area contributed by atoms with Crippen LogP contribution in [0, 0.1) is 13.1 Å². The van der Waals surface area contributed by atoms with Crippen LogP contribution in [0.3, 0.4) is 0 Å². The molecule has 33 nitrogen and oxygen atoms in total. The second-order valence-electron chi connectivity index (χ2n) is 40.1. The molecule has 0 saturated heterocycles. The molecule has 8 atom stereocenters. The molecule has 0 spiro atoms. The Morgan fingerprint density at radius 2 is 0.669 bits per heavy atom. The summed E-state index contributed by atoms with van der Waals surface area (Å²) in [5, 5.41) is 64.0. The zero-order valence-corrected chi connectivity index (χ0v) is 86.1. The highest BCUT2D eigenvalue weighted by Gasteiger charge is 2.30. The van der Waals surface area contributed by atoms with Gasteiger partial charge in [-0.05, 0) is 136 Å². The van der Waals surface area contributed by atoms with Gasteiger partial charge in [0, 0.05) is 84.1 Å². The number of ketones is 4. The number of pyridine rings is 3.